The SMILES string of the molecule is N#CC(C(=O)C(=O)C(=O)C(C#N)=C(O)C(F)(F)F)=C(O)C(F)(F)F. The van der Waals surface area contributed by atoms with Crippen molar-refractivity contribution in [3.63, 3.8) is 0 Å². The van der Waals surface area contributed by atoms with Crippen molar-refractivity contribution in [1.29, 1.82) is 10.5 Å². The van der Waals surface area contributed by atoms with E-state index in [1.54, 1.807) is 0 Å². The van der Waals surface area contributed by atoms with Crippen LogP contribution >= 0.6 is 0 Å². The molecule has 0 aromatic heterocycles. The van der Waals surface area contributed by atoms with Gasteiger partial charge in [-0.1, -0.05) is 0 Å². The predicted molar refractivity (Wildman–Crippen MR) is 57.7 cm³/mol. The predicted octanol–water partition coefficient (Wildman–Crippen LogP) is 1.49. The molecule has 128 valence electrons. The molecule has 0 radical (unpaired) electrons. The van der Waals surface area contributed by atoms with Crippen LogP contribution in [0.5, 0.6) is 0 Å². The number of allylic oxidation sites excluding steroid dienone is 4. The van der Waals surface area contributed by atoms with Gasteiger partial charge in [0.1, 0.15) is 12.1 Å². The summed E-state index contributed by atoms with van der Waals surface area (Å²) in [5.41, 5.74) is -4.55. The van der Waals surface area contributed by atoms with Gasteiger partial charge in [0, 0.05) is 0 Å². The normalized spacial score (nSPS) is 13.8. The lowest BCUT2D eigenvalue weighted by Crippen LogP contribution is -2.30. The van der Waals surface area contributed by atoms with E-state index in [4.69, 9.17) is 20.7 Å². The monoisotopic (exact) mass is 356 g/mol. The summed E-state index contributed by atoms with van der Waals surface area (Å²) in [6, 6.07) is 0.927. The lowest BCUT2D eigenvalue weighted by molar-refractivity contribution is -0.143. The van der Waals surface area contributed by atoms with E-state index in [0.29, 0.717) is 12.1 Å². The van der Waals surface area contributed by atoms with Crippen LogP contribution in [0.3, 0.4) is 0 Å². The summed E-state index contributed by atoms with van der Waals surface area (Å²) in [7, 11) is 0. The van der Waals surface area contributed by atoms with E-state index in [9.17, 15) is 40.7 Å². The van der Waals surface area contributed by atoms with Crippen LogP contribution in [0.4, 0.5) is 26.3 Å². The molecular weight excluding hydrogens is 354 g/mol. The van der Waals surface area contributed by atoms with Gasteiger partial charge in [0.2, 0.25) is 11.5 Å². The number of carbonyl (C=O) groups excluding carboxylic acids is 3. The topological polar surface area (TPSA) is 139 Å². The Morgan fingerprint density at radius 2 is 0.917 bits per heavy atom. The number of alkyl halides is 6. The Balaban J connectivity index is 6.08. The van der Waals surface area contributed by atoms with E-state index < -0.39 is 52.4 Å². The van der Waals surface area contributed by atoms with E-state index in [0.717, 1.165) is 0 Å². The Labute approximate surface area is 127 Å². The molecule has 0 rings (SSSR count). The molecule has 0 amide bonds. The molecule has 0 aromatic rings. The Morgan fingerprint density at radius 1 is 0.667 bits per heavy atom. The number of Topliss-reactive ketones (excluding diaryl/α,β-unsaturated/α-hetero) is 3. The molecule has 0 aromatic carbocycles. The Hall–Kier alpha value is -3.35. The lowest BCUT2D eigenvalue weighted by atomic mass is 9.99. The highest BCUT2D eigenvalue weighted by atomic mass is 19.4. The van der Waals surface area contributed by atoms with Crippen LogP contribution < -0.4 is 0 Å². The molecule has 7 nitrogen and oxygen atoms in total. The average molecular weight is 356 g/mol. The first-order valence-electron chi connectivity index (χ1n) is 5.14. The lowest BCUT2D eigenvalue weighted by Gasteiger charge is -2.08. The van der Waals surface area contributed by atoms with E-state index in [1.807, 2.05) is 0 Å². The van der Waals surface area contributed by atoms with Crippen molar-refractivity contribution in [3.8, 4) is 12.1 Å². The minimum Gasteiger partial charge on any atom is -0.503 e. The smallest absolute Gasteiger partial charge is 0.450 e. The Kier molecular flexibility index (Phi) is 5.87. The fraction of sp³-hybridized carbons (Fsp3) is 0.182. The third-order valence-corrected chi connectivity index (χ3v) is 2.10. The fourth-order valence-corrected chi connectivity index (χ4v) is 1.04. The number of rotatable bonds is 4. The van der Waals surface area contributed by atoms with Crippen molar-refractivity contribution < 1.29 is 50.9 Å². The van der Waals surface area contributed by atoms with Crippen LogP contribution in [0, 0.1) is 22.7 Å². The van der Waals surface area contributed by atoms with Crippen LogP contribution in [0.25, 0.3) is 0 Å². The van der Waals surface area contributed by atoms with Gasteiger partial charge < -0.3 is 10.2 Å². The van der Waals surface area contributed by atoms with Gasteiger partial charge >= 0.3 is 12.4 Å². The number of carbonyl (C=O) groups is 3. The average Bonchev–Trinajstić information content (AvgIpc) is 2.45. The van der Waals surface area contributed by atoms with Gasteiger partial charge in [-0.15, -0.1) is 0 Å². The maximum absolute atomic E-state index is 12.2. The quantitative estimate of drug-likeness (QED) is 0.194. The molecule has 0 aliphatic rings. The Bertz CT molecular complexity index is 683. The van der Waals surface area contributed by atoms with Gasteiger partial charge in [-0.2, -0.15) is 36.9 Å². The van der Waals surface area contributed by atoms with Gasteiger partial charge in [-0.05, 0) is 0 Å². The van der Waals surface area contributed by atoms with Crippen molar-refractivity contribution in [2.75, 3.05) is 0 Å². The maximum Gasteiger partial charge on any atom is 0.450 e. The summed E-state index contributed by atoms with van der Waals surface area (Å²) in [6.07, 6.45) is -11.3. The third-order valence-electron chi connectivity index (χ3n) is 2.10. The number of hydrogen-bond acceptors (Lipinski definition) is 7. The van der Waals surface area contributed by atoms with Crippen LogP contribution in [0.15, 0.2) is 22.7 Å². The Morgan fingerprint density at radius 3 is 1.08 bits per heavy atom. The van der Waals surface area contributed by atoms with Crippen LogP contribution in [-0.2, 0) is 14.4 Å². The molecule has 0 unspecified atom stereocenters. The third kappa shape index (κ3) is 4.33. The van der Waals surface area contributed by atoms with Crippen LogP contribution in [-0.4, -0.2) is 39.9 Å². The van der Waals surface area contributed by atoms with Gasteiger partial charge in [-0.25, -0.2) is 0 Å². The van der Waals surface area contributed by atoms with Crippen molar-refractivity contribution in [2.24, 2.45) is 0 Å². The molecule has 0 aliphatic heterocycles. The van der Waals surface area contributed by atoms with Gasteiger partial charge in [0.15, 0.2) is 11.1 Å². The highest BCUT2D eigenvalue weighted by Crippen LogP contribution is 2.28. The number of nitrogens with zero attached hydrogens (tertiary/aromatic N) is 2. The number of halogens is 6. The molecule has 2 N–H and O–H groups in total. The summed E-state index contributed by atoms with van der Waals surface area (Å²) >= 11 is 0. The standard InChI is InChI=1S/C11H2F6N2O5/c12-10(13,14)8(23)3(1-18)5(20)7(22)6(21)4(2-19)9(24)11(15,16)17/h23-24H. The molecule has 0 atom stereocenters. The highest BCUT2D eigenvalue weighted by Gasteiger charge is 2.44. The summed E-state index contributed by atoms with van der Waals surface area (Å²) < 4.78 is 73.0. The molecular formula is C11H2F6N2O5. The van der Waals surface area contributed by atoms with Crippen LogP contribution in [0.1, 0.15) is 0 Å². The fourth-order valence-electron chi connectivity index (χ4n) is 1.04. The first kappa shape index (κ1) is 20.7. The summed E-state index contributed by atoms with van der Waals surface area (Å²) in [5.74, 6) is -13.6. The first-order chi connectivity index (χ1) is 10.7. The maximum atomic E-state index is 12.2. The zero-order valence-corrected chi connectivity index (χ0v) is 10.8. The molecule has 24 heavy (non-hydrogen) atoms. The number of hydrogen-bond donors (Lipinski definition) is 2. The van der Waals surface area contributed by atoms with E-state index >= 15 is 0 Å². The van der Waals surface area contributed by atoms with Gasteiger partial charge in [0.05, 0.1) is 0 Å². The van der Waals surface area contributed by atoms with E-state index in [-0.39, 0.29) is 0 Å². The van der Waals surface area contributed by atoms with E-state index in [1.165, 1.54) is 0 Å². The number of aliphatic hydroxyl groups excluding tert-OH is 2. The molecule has 0 bridgehead atoms. The molecule has 0 saturated carbocycles. The van der Waals surface area contributed by atoms with Crippen molar-refractivity contribution in [1.82, 2.24) is 0 Å². The summed E-state index contributed by atoms with van der Waals surface area (Å²) in [6.45, 7) is 0. The first-order valence-corrected chi connectivity index (χ1v) is 5.14. The molecule has 13 heteroatoms. The van der Waals surface area contributed by atoms with Gasteiger partial charge in [-0.3, -0.25) is 14.4 Å². The summed E-state index contributed by atoms with van der Waals surface area (Å²) in [5, 5.41) is 33.9. The molecule has 0 spiro atoms. The number of ketones is 3. The zero-order valence-electron chi connectivity index (χ0n) is 10.8. The number of nitriles is 2. The second-order valence-corrected chi connectivity index (χ2v) is 3.65. The molecule has 0 heterocycles. The highest BCUT2D eigenvalue weighted by molar-refractivity contribution is 6.70. The largest absolute Gasteiger partial charge is 0.503 e. The van der Waals surface area contributed by atoms with Crippen LogP contribution in [0.2, 0.25) is 0 Å². The number of aliphatic hydroxyl groups is 2. The molecule has 0 fully saturated rings. The molecule has 0 aliphatic carbocycles. The second kappa shape index (κ2) is 6.82. The second-order valence-electron chi connectivity index (χ2n) is 3.65. The minimum atomic E-state index is -5.67. The van der Waals surface area contributed by atoms with Crippen molar-refractivity contribution in [2.45, 2.75) is 12.4 Å². The van der Waals surface area contributed by atoms with E-state index in [2.05, 4.69) is 0 Å². The minimum absolute atomic E-state index is 0.464. The van der Waals surface area contributed by atoms with Gasteiger partial charge in [0.25, 0.3) is 17.3 Å². The molecule has 0 saturated heterocycles. The van der Waals surface area contributed by atoms with Crippen molar-refractivity contribution in [3.05, 3.63) is 22.7 Å². The summed E-state index contributed by atoms with van der Waals surface area (Å²) in [4.78, 5) is 33.9. The zero-order chi connectivity index (χ0) is 19.5. The van der Waals surface area contributed by atoms with Crippen molar-refractivity contribution >= 4 is 17.3 Å².